The molecule has 0 atom stereocenters. The van der Waals surface area contributed by atoms with Crippen LogP contribution in [-0.2, 0) is 11.2 Å². The van der Waals surface area contributed by atoms with Crippen molar-refractivity contribution in [3.8, 4) is 0 Å². The number of carbonyl (C=O) groups excluding carboxylic acids is 1. The van der Waals surface area contributed by atoms with Gasteiger partial charge in [0.25, 0.3) is 0 Å². The Bertz CT molecular complexity index is 400. The van der Waals surface area contributed by atoms with Crippen LogP contribution in [0.25, 0.3) is 0 Å². The molecule has 90 valence electrons. The van der Waals surface area contributed by atoms with Gasteiger partial charge >= 0.3 is 0 Å². The van der Waals surface area contributed by atoms with E-state index in [4.69, 9.17) is 0 Å². The Labute approximate surface area is 101 Å². The molecule has 1 N–H and O–H groups in total. The van der Waals surface area contributed by atoms with Crippen molar-refractivity contribution in [2.75, 3.05) is 6.54 Å². The van der Waals surface area contributed by atoms with Gasteiger partial charge in [-0.05, 0) is 25.7 Å². The molecule has 17 heavy (non-hydrogen) atoms. The molecule has 4 nitrogen and oxygen atoms in total. The summed E-state index contributed by atoms with van der Waals surface area (Å²) < 4.78 is 0. The second-order valence-electron chi connectivity index (χ2n) is 4.23. The van der Waals surface area contributed by atoms with Gasteiger partial charge in [0, 0.05) is 25.1 Å². The van der Waals surface area contributed by atoms with Gasteiger partial charge in [-0.25, -0.2) is 0 Å². The van der Waals surface area contributed by atoms with Crippen LogP contribution >= 0.6 is 0 Å². The van der Waals surface area contributed by atoms with Crippen LogP contribution in [0.15, 0.2) is 30.2 Å². The quantitative estimate of drug-likeness (QED) is 0.784. The maximum Gasteiger partial charge on any atom is 0.226 e. The summed E-state index contributed by atoms with van der Waals surface area (Å²) >= 11 is 0. The van der Waals surface area contributed by atoms with E-state index < -0.39 is 0 Å². The van der Waals surface area contributed by atoms with Crippen molar-refractivity contribution < 1.29 is 4.79 Å². The minimum absolute atomic E-state index is 0.0177. The van der Waals surface area contributed by atoms with Crippen LogP contribution < -0.4 is 5.32 Å². The van der Waals surface area contributed by atoms with E-state index in [0.717, 1.165) is 13.0 Å². The minimum Gasteiger partial charge on any atom is -0.355 e. The topological polar surface area (TPSA) is 54.9 Å². The Balaban J connectivity index is 1.67. The lowest BCUT2D eigenvalue weighted by atomic mass is 10.1. The molecule has 0 aliphatic heterocycles. The van der Waals surface area contributed by atoms with Crippen LogP contribution in [-0.4, -0.2) is 22.4 Å². The first kappa shape index (κ1) is 11.8. The SMILES string of the molecule is O=C(Cc1cnccn1)NCCC1=CCCC1. The van der Waals surface area contributed by atoms with Crippen molar-refractivity contribution in [2.45, 2.75) is 32.1 Å². The Kier molecular flexibility index (Phi) is 4.24. The van der Waals surface area contributed by atoms with Crippen LogP contribution in [0.3, 0.4) is 0 Å². The monoisotopic (exact) mass is 231 g/mol. The summed E-state index contributed by atoms with van der Waals surface area (Å²) in [4.78, 5) is 19.6. The fourth-order valence-corrected chi connectivity index (χ4v) is 1.98. The molecule has 4 heteroatoms. The Morgan fingerprint density at radius 2 is 2.35 bits per heavy atom. The average molecular weight is 231 g/mol. The fraction of sp³-hybridized carbons (Fsp3) is 0.462. The van der Waals surface area contributed by atoms with E-state index in [1.165, 1.54) is 24.8 Å². The molecular formula is C13H17N3O. The van der Waals surface area contributed by atoms with E-state index in [-0.39, 0.29) is 5.91 Å². The number of rotatable bonds is 5. The molecule has 0 saturated carbocycles. The summed E-state index contributed by atoms with van der Waals surface area (Å²) in [6.07, 6.45) is 12.1. The van der Waals surface area contributed by atoms with Gasteiger partial charge < -0.3 is 5.32 Å². The summed E-state index contributed by atoms with van der Waals surface area (Å²) in [7, 11) is 0. The van der Waals surface area contributed by atoms with Gasteiger partial charge in [0.05, 0.1) is 12.1 Å². The molecule has 1 heterocycles. The third-order valence-electron chi connectivity index (χ3n) is 2.86. The molecule has 1 aliphatic carbocycles. The van der Waals surface area contributed by atoms with E-state index in [1.807, 2.05) is 0 Å². The minimum atomic E-state index is 0.0177. The van der Waals surface area contributed by atoms with Gasteiger partial charge in [0.15, 0.2) is 0 Å². The molecule has 0 saturated heterocycles. The van der Waals surface area contributed by atoms with Gasteiger partial charge in [-0.1, -0.05) is 11.6 Å². The van der Waals surface area contributed by atoms with Crippen molar-refractivity contribution in [3.63, 3.8) is 0 Å². The number of allylic oxidation sites excluding steroid dienone is 1. The highest BCUT2D eigenvalue weighted by Gasteiger charge is 2.06. The molecule has 0 bridgehead atoms. The first-order valence-corrected chi connectivity index (χ1v) is 6.04. The van der Waals surface area contributed by atoms with Crippen LogP contribution in [0, 0.1) is 0 Å². The van der Waals surface area contributed by atoms with E-state index in [9.17, 15) is 4.79 Å². The smallest absolute Gasteiger partial charge is 0.226 e. The Morgan fingerprint density at radius 3 is 3.06 bits per heavy atom. The van der Waals surface area contributed by atoms with Crippen LogP contribution in [0.5, 0.6) is 0 Å². The number of nitrogens with zero attached hydrogens (tertiary/aromatic N) is 2. The number of carbonyl (C=O) groups is 1. The third-order valence-corrected chi connectivity index (χ3v) is 2.86. The van der Waals surface area contributed by atoms with Crippen LogP contribution in [0.1, 0.15) is 31.4 Å². The number of nitrogens with one attached hydrogen (secondary N) is 1. The number of aromatic nitrogens is 2. The first-order chi connectivity index (χ1) is 8.34. The highest BCUT2D eigenvalue weighted by Crippen LogP contribution is 2.19. The van der Waals surface area contributed by atoms with Crippen molar-refractivity contribution in [2.24, 2.45) is 0 Å². The fourth-order valence-electron chi connectivity index (χ4n) is 1.98. The molecule has 0 aromatic carbocycles. The van der Waals surface area contributed by atoms with E-state index >= 15 is 0 Å². The second-order valence-corrected chi connectivity index (χ2v) is 4.23. The lowest BCUT2D eigenvalue weighted by Crippen LogP contribution is -2.26. The lowest BCUT2D eigenvalue weighted by molar-refractivity contribution is -0.120. The van der Waals surface area contributed by atoms with Crippen LogP contribution in [0.4, 0.5) is 0 Å². The zero-order valence-corrected chi connectivity index (χ0v) is 9.85. The van der Waals surface area contributed by atoms with Gasteiger partial charge in [-0.15, -0.1) is 0 Å². The molecule has 0 unspecified atom stereocenters. The van der Waals surface area contributed by atoms with Crippen molar-refractivity contribution in [1.82, 2.24) is 15.3 Å². The maximum absolute atomic E-state index is 11.6. The summed E-state index contributed by atoms with van der Waals surface area (Å²) in [6, 6.07) is 0. The molecule has 0 radical (unpaired) electrons. The first-order valence-electron chi connectivity index (χ1n) is 6.04. The van der Waals surface area contributed by atoms with Crippen molar-refractivity contribution in [1.29, 1.82) is 0 Å². The zero-order chi connectivity index (χ0) is 11.9. The van der Waals surface area contributed by atoms with Crippen molar-refractivity contribution >= 4 is 5.91 Å². The maximum atomic E-state index is 11.6. The largest absolute Gasteiger partial charge is 0.355 e. The highest BCUT2D eigenvalue weighted by molar-refractivity contribution is 5.77. The molecule has 2 rings (SSSR count). The molecule has 1 aromatic heterocycles. The lowest BCUT2D eigenvalue weighted by Gasteiger charge is -2.05. The standard InChI is InChI=1S/C13H17N3O/c17-13(9-12-10-14-7-8-15-12)16-6-5-11-3-1-2-4-11/h3,7-8,10H,1-2,4-6,9H2,(H,16,17). The average Bonchev–Trinajstić information content (AvgIpc) is 2.83. The van der Waals surface area contributed by atoms with Gasteiger partial charge in [-0.3, -0.25) is 14.8 Å². The van der Waals surface area contributed by atoms with E-state index in [2.05, 4.69) is 21.4 Å². The molecular weight excluding hydrogens is 214 g/mol. The summed E-state index contributed by atoms with van der Waals surface area (Å²) in [6.45, 7) is 0.727. The number of amides is 1. The molecule has 1 aromatic rings. The normalized spacial score (nSPS) is 14.5. The summed E-state index contributed by atoms with van der Waals surface area (Å²) in [5, 5.41) is 2.91. The van der Waals surface area contributed by atoms with Gasteiger partial charge in [0.1, 0.15) is 0 Å². The van der Waals surface area contributed by atoms with Gasteiger partial charge in [0.2, 0.25) is 5.91 Å². The van der Waals surface area contributed by atoms with Gasteiger partial charge in [-0.2, -0.15) is 0 Å². The summed E-state index contributed by atoms with van der Waals surface area (Å²) in [5.74, 6) is 0.0177. The Hall–Kier alpha value is -1.71. The molecule has 1 aliphatic rings. The number of hydrogen-bond donors (Lipinski definition) is 1. The number of hydrogen-bond acceptors (Lipinski definition) is 3. The predicted molar refractivity (Wildman–Crippen MR) is 65.3 cm³/mol. The highest BCUT2D eigenvalue weighted by atomic mass is 16.1. The van der Waals surface area contributed by atoms with E-state index in [1.54, 1.807) is 18.6 Å². The zero-order valence-electron chi connectivity index (χ0n) is 9.85. The Morgan fingerprint density at radius 1 is 1.41 bits per heavy atom. The van der Waals surface area contributed by atoms with Crippen LogP contribution in [0.2, 0.25) is 0 Å². The molecule has 0 fully saturated rings. The predicted octanol–water partition coefficient (Wildman–Crippen LogP) is 1.64. The van der Waals surface area contributed by atoms with Crippen molar-refractivity contribution in [3.05, 3.63) is 35.9 Å². The second kappa shape index (κ2) is 6.13. The third kappa shape index (κ3) is 3.98. The summed E-state index contributed by atoms with van der Waals surface area (Å²) in [5.41, 5.74) is 2.19. The van der Waals surface area contributed by atoms with E-state index in [0.29, 0.717) is 12.1 Å². The molecule has 1 amide bonds. The molecule has 0 spiro atoms.